The van der Waals surface area contributed by atoms with Gasteiger partial charge >= 0.3 is 6.09 Å². The van der Waals surface area contributed by atoms with Crippen LogP contribution in [0.2, 0.25) is 0 Å². The first-order valence-corrected chi connectivity index (χ1v) is 8.88. The van der Waals surface area contributed by atoms with Gasteiger partial charge in [0.1, 0.15) is 22.8 Å². The van der Waals surface area contributed by atoms with Crippen molar-refractivity contribution in [3.63, 3.8) is 0 Å². The van der Waals surface area contributed by atoms with E-state index < -0.39 is 34.9 Å². The van der Waals surface area contributed by atoms with Crippen molar-refractivity contribution in [1.29, 1.82) is 0 Å². The topological polar surface area (TPSA) is 58.6 Å². The highest BCUT2D eigenvalue weighted by atomic mass is 19.1. The van der Waals surface area contributed by atoms with Crippen LogP contribution in [0.3, 0.4) is 0 Å². The second-order valence-corrected chi connectivity index (χ2v) is 8.06. The van der Waals surface area contributed by atoms with Gasteiger partial charge in [-0.05, 0) is 51.3 Å². The van der Waals surface area contributed by atoms with E-state index in [1.807, 2.05) is 0 Å². The summed E-state index contributed by atoms with van der Waals surface area (Å²) in [7, 11) is 0. The van der Waals surface area contributed by atoms with E-state index in [0.717, 1.165) is 18.9 Å². The molecule has 1 aromatic rings. The highest BCUT2D eigenvalue weighted by molar-refractivity contribution is 5.92. The lowest BCUT2D eigenvalue weighted by Gasteiger charge is -2.46. The normalized spacial score (nSPS) is 22.4. The Bertz CT molecular complexity index is 704. The highest BCUT2D eigenvalue weighted by Gasteiger charge is 2.53. The summed E-state index contributed by atoms with van der Waals surface area (Å²) in [5.41, 5.74) is -1.35. The van der Waals surface area contributed by atoms with Crippen LogP contribution in [0.1, 0.15) is 58.1 Å². The number of carbonyl (C=O) groups excluding carboxylic acids is 2. The number of piperazine rings is 1. The maximum Gasteiger partial charge on any atom is 0.411 e. The molecule has 5 nitrogen and oxygen atoms in total. The number of ether oxygens (including phenoxy) is 1. The van der Waals surface area contributed by atoms with Crippen LogP contribution in [-0.2, 0) is 9.53 Å². The van der Waals surface area contributed by atoms with Crippen molar-refractivity contribution in [1.82, 2.24) is 10.2 Å². The second-order valence-electron chi connectivity index (χ2n) is 8.06. The molecule has 1 spiro atoms. The zero-order chi connectivity index (χ0) is 19.1. The number of nitrogens with zero attached hydrogens (tertiary/aromatic N) is 1. The molecule has 3 rings (SSSR count). The number of nitrogens with one attached hydrogen (secondary N) is 1. The van der Waals surface area contributed by atoms with Gasteiger partial charge < -0.3 is 10.1 Å². The fourth-order valence-electron chi connectivity index (χ4n) is 3.81. The van der Waals surface area contributed by atoms with E-state index in [0.29, 0.717) is 12.8 Å². The van der Waals surface area contributed by atoms with E-state index in [4.69, 9.17) is 4.74 Å². The summed E-state index contributed by atoms with van der Waals surface area (Å²) in [6, 6.07) is 2.44. The lowest BCUT2D eigenvalue weighted by molar-refractivity contribution is -0.139. The molecular formula is C19H24F2N2O3. The summed E-state index contributed by atoms with van der Waals surface area (Å²) < 4.78 is 32.7. The molecule has 1 aromatic carbocycles. The third-order valence-corrected chi connectivity index (χ3v) is 4.94. The fraction of sp³-hybridized carbons (Fsp3) is 0.579. The Morgan fingerprint density at radius 1 is 1.19 bits per heavy atom. The lowest BCUT2D eigenvalue weighted by Crippen LogP contribution is -2.66. The predicted molar refractivity (Wildman–Crippen MR) is 91.4 cm³/mol. The highest BCUT2D eigenvalue weighted by Crippen LogP contribution is 2.40. The first-order valence-electron chi connectivity index (χ1n) is 8.88. The van der Waals surface area contributed by atoms with Crippen LogP contribution in [0.25, 0.3) is 0 Å². The molecule has 1 aliphatic heterocycles. The summed E-state index contributed by atoms with van der Waals surface area (Å²) in [4.78, 5) is 27.2. The van der Waals surface area contributed by atoms with E-state index in [2.05, 4.69) is 5.32 Å². The minimum Gasteiger partial charge on any atom is -0.444 e. The molecule has 0 aromatic heterocycles. The van der Waals surface area contributed by atoms with Gasteiger partial charge in [0, 0.05) is 12.6 Å². The van der Waals surface area contributed by atoms with Gasteiger partial charge in [0.2, 0.25) is 5.91 Å². The fourth-order valence-corrected chi connectivity index (χ4v) is 3.81. The average molecular weight is 366 g/mol. The lowest BCUT2D eigenvalue weighted by atomic mass is 9.88. The molecule has 1 saturated heterocycles. The Morgan fingerprint density at radius 3 is 2.31 bits per heavy atom. The zero-order valence-corrected chi connectivity index (χ0v) is 15.3. The summed E-state index contributed by atoms with van der Waals surface area (Å²) in [6.45, 7) is 5.39. The van der Waals surface area contributed by atoms with Crippen molar-refractivity contribution >= 4 is 12.0 Å². The Morgan fingerprint density at radius 2 is 1.77 bits per heavy atom. The van der Waals surface area contributed by atoms with Crippen LogP contribution in [0, 0.1) is 11.6 Å². The van der Waals surface area contributed by atoms with Gasteiger partial charge in [0.05, 0.1) is 6.04 Å². The smallest absolute Gasteiger partial charge is 0.411 e. The maximum absolute atomic E-state index is 13.6. The first kappa shape index (κ1) is 18.6. The van der Waals surface area contributed by atoms with Crippen molar-refractivity contribution in [2.45, 2.75) is 63.6 Å². The Balaban J connectivity index is 1.94. The Kier molecular flexibility index (Phi) is 4.67. The Hall–Kier alpha value is -2.18. The molecule has 2 amide bonds. The molecule has 2 fully saturated rings. The van der Waals surface area contributed by atoms with Gasteiger partial charge in [0.15, 0.2) is 0 Å². The molecule has 0 radical (unpaired) electrons. The number of carbonyl (C=O) groups is 2. The van der Waals surface area contributed by atoms with Gasteiger partial charge in [-0.1, -0.05) is 12.8 Å². The Labute approximate surface area is 151 Å². The molecule has 1 N–H and O–H groups in total. The standard InChI is InChI=1S/C19H24F2N2O3/c1-18(2,3)26-17(25)23-11-15(12-8-13(20)10-14(21)9-12)22-16(24)19(23)6-4-5-7-19/h8-10,15H,4-7,11H2,1-3H3,(H,22,24)/t15-/m0/s1. The molecule has 142 valence electrons. The van der Waals surface area contributed by atoms with Crippen LogP contribution in [0.15, 0.2) is 18.2 Å². The van der Waals surface area contributed by atoms with Crippen LogP contribution < -0.4 is 5.32 Å². The van der Waals surface area contributed by atoms with Gasteiger partial charge in [-0.3, -0.25) is 9.69 Å². The number of benzene rings is 1. The summed E-state index contributed by atoms with van der Waals surface area (Å²) in [6.07, 6.45) is 2.22. The molecule has 0 bridgehead atoms. The largest absolute Gasteiger partial charge is 0.444 e. The number of rotatable bonds is 1. The van der Waals surface area contributed by atoms with E-state index in [-0.39, 0.29) is 18.0 Å². The third-order valence-electron chi connectivity index (χ3n) is 4.94. The van der Waals surface area contributed by atoms with E-state index in [9.17, 15) is 18.4 Å². The van der Waals surface area contributed by atoms with Crippen LogP contribution in [0.5, 0.6) is 0 Å². The van der Waals surface area contributed by atoms with Gasteiger partial charge in [0.25, 0.3) is 0 Å². The van der Waals surface area contributed by atoms with Gasteiger partial charge in [-0.15, -0.1) is 0 Å². The van der Waals surface area contributed by atoms with Gasteiger partial charge in [-0.2, -0.15) is 0 Å². The first-order chi connectivity index (χ1) is 12.1. The molecule has 1 heterocycles. The van der Waals surface area contributed by atoms with Gasteiger partial charge in [-0.25, -0.2) is 13.6 Å². The molecule has 0 unspecified atom stereocenters. The van der Waals surface area contributed by atoms with E-state index in [1.54, 1.807) is 20.8 Å². The quantitative estimate of drug-likeness (QED) is 0.825. The molecule has 7 heteroatoms. The summed E-state index contributed by atoms with van der Waals surface area (Å²) in [5, 5.41) is 2.85. The monoisotopic (exact) mass is 366 g/mol. The summed E-state index contributed by atoms with van der Waals surface area (Å²) in [5.74, 6) is -1.74. The molecule has 26 heavy (non-hydrogen) atoms. The van der Waals surface area contributed by atoms with Crippen LogP contribution in [0.4, 0.5) is 13.6 Å². The number of hydrogen-bond donors (Lipinski definition) is 1. The second kappa shape index (κ2) is 6.52. The SMILES string of the molecule is CC(C)(C)OC(=O)N1C[C@@H](c2cc(F)cc(F)c2)NC(=O)C12CCCC2. The molecule has 2 aliphatic rings. The zero-order valence-electron chi connectivity index (χ0n) is 15.3. The number of amides is 2. The minimum atomic E-state index is -0.940. The maximum atomic E-state index is 13.6. The van der Waals surface area contributed by atoms with Crippen molar-refractivity contribution in [2.75, 3.05) is 6.54 Å². The van der Waals surface area contributed by atoms with Crippen LogP contribution in [-0.4, -0.2) is 34.6 Å². The minimum absolute atomic E-state index is 0.115. The molecule has 1 atom stereocenters. The molecular weight excluding hydrogens is 342 g/mol. The number of hydrogen-bond acceptors (Lipinski definition) is 3. The molecule has 1 saturated carbocycles. The van der Waals surface area contributed by atoms with Crippen LogP contribution >= 0.6 is 0 Å². The van der Waals surface area contributed by atoms with E-state index >= 15 is 0 Å². The predicted octanol–water partition coefficient (Wildman–Crippen LogP) is 3.69. The summed E-state index contributed by atoms with van der Waals surface area (Å²) >= 11 is 0. The van der Waals surface area contributed by atoms with Crippen molar-refractivity contribution in [3.8, 4) is 0 Å². The number of halogens is 2. The third kappa shape index (κ3) is 3.52. The average Bonchev–Trinajstić information content (AvgIpc) is 2.97. The van der Waals surface area contributed by atoms with Crippen molar-refractivity contribution in [3.05, 3.63) is 35.4 Å². The molecule has 1 aliphatic carbocycles. The van der Waals surface area contributed by atoms with Crippen molar-refractivity contribution < 1.29 is 23.1 Å². The van der Waals surface area contributed by atoms with Crippen molar-refractivity contribution in [2.24, 2.45) is 0 Å². The van der Waals surface area contributed by atoms with E-state index in [1.165, 1.54) is 17.0 Å².